The Kier molecular flexibility index (Phi) is 8.62. The number of aliphatic hydroxyl groups excluding tert-OH is 5. The van der Waals surface area contributed by atoms with Crippen LogP contribution in [0.15, 0.2) is 0 Å². The average Bonchev–Trinajstić information content (AvgIpc) is 3.36. The fourth-order valence-corrected chi connectivity index (χ4v) is 13.5. The van der Waals surface area contributed by atoms with E-state index < -0.39 is 60.4 Å². The van der Waals surface area contributed by atoms with Crippen molar-refractivity contribution in [3.63, 3.8) is 0 Å². The van der Waals surface area contributed by atoms with E-state index >= 15 is 0 Å². The minimum atomic E-state index is -1.71. The number of hydrogen-bond donors (Lipinski definition) is 7. The van der Waals surface area contributed by atoms with E-state index in [1.54, 1.807) is 0 Å². The molecule has 10 heteroatoms. The molecule has 1 saturated heterocycles. The van der Waals surface area contributed by atoms with Crippen LogP contribution in [-0.2, 0) is 14.3 Å². The lowest BCUT2D eigenvalue weighted by molar-refractivity contribution is -0.317. The molecular weight excluding hydrogens is 592 g/mol. The van der Waals surface area contributed by atoms with Gasteiger partial charge in [-0.15, -0.1) is 0 Å². The molecular formula is C36H60O10. The van der Waals surface area contributed by atoms with E-state index in [0.29, 0.717) is 18.3 Å². The van der Waals surface area contributed by atoms with Crippen molar-refractivity contribution in [1.29, 1.82) is 0 Å². The van der Waals surface area contributed by atoms with Gasteiger partial charge < -0.3 is 45.2 Å². The Hall–Kier alpha value is -0.850. The number of carboxylic acids is 1. The molecule has 6 fully saturated rings. The Morgan fingerprint density at radius 2 is 1.37 bits per heavy atom. The zero-order valence-electron chi connectivity index (χ0n) is 28.7. The Balaban J connectivity index is 1.25. The van der Waals surface area contributed by atoms with Gasteiger partial charge in [0.05, 0.1) is 19.3 Å². The summed E-state index contributed by atoms with van der Waals surface area (Å²) < 4.78 is 11.8. The molecule has 6 rings (SSSR count). The lowest BCUT2D eigenvalue weighted by Crippen LogP contribution is -2.68. The summed E-state index contributed by atoms with van der Waals surface area (Å²) >= 11 is 0. The van der Waals surface area contributed by atoms with Gasteiger partial charge in [0.15, 0.2) is 11.9 Å². The van der Waals surface area contributed by atoms with Crippen LogP contribution < -0.4 is 0 Å². The molecule has 1 heterocycles. The molecule has 17 atom stereocenters. The zero-order valence-corrected chi connectivity index (χ0v) is 28.7. The second kappa shape index (κ2) is 11.3. The molecule has 10 nitrogen and oxygen atoms in total. The summed E-state index contributed by atoms with van der Waals surface area (Å²) in [4.78, 5) is 12.1. The third-order valence-electron chi connectivity index (χ3n) is 16.3. The van der Waals surface area contributed by atoms with Crippen LogP contribution in [0.5, 0.6) is 0 Å². The number of rotatable bonds is 6. The first-order chi connectivity index (χ1) is 21.3. The largest absolute Gasteiger partial charge is 0.479 e. The lowest BCUT2D eigenvalue weighted by atomic mass is 9.31. The third-order valence-corrected chi connectivity index (χ3v) is 16.3. The van der Waals surface area contributed by atoms with Gasteiger partial charge in [-0.2, -0.15) is 0 Å². The van der Waals surface area contributed by atoms with Gasteiger partial charge in [-0.05, 0) is 116 Å². The summed E-state index contributed by atoms with van der Waals surface area (Å²) in [5, 5.41) is 73.4. The van der Waals surface area contributed by atoms with Crippen LogP contribution in [0, 0.1) is 56.7 Å². The van der Waals surface area contributed by atoms with Gasteiger partial charge in [0.25, 0.3) is 0 Å². The summed E-state index contributed by atoms with van der Waals surface area (Å²) in [6, 6.07) is 0. The summed E-state index contributed by atoms with van der Waals surface area (Å²) in [5.74, 6) is -0.127. The van der Waals surface area contributed by atoms with Crippen LogP contribution in [-0.4, -0.2) is 97.3 Å². The predicted octanol–water partition coefficient (Wildman–Crippen LogP) is 3.08. The van der Waals surface area contributed by atoms with Gasteiger partial charge in [-0.25, -0.2) is 4.79 Å². The van der Waals surface area contributed by atoms with Gasteiger partial charge in [0.1, 0.15) is 24.4 Å². The first-order valence-corrected chi connectivity index (χ1v) is 17.9. The second-order valence-corrected chi connectivity index (χ2v) is 17.9. The molecule has 5 aliphatic carbocycles. The lowest BCUT2D eigenvalue weighted by Gasteiger charge is -2.73. The van der Waals surface area contributed by atoms with Gasteiger partial charge >= 0.3 is 5.97 Å². The maximum Gasteiger partial charge on any atom is 0.335 e. The molecule has 5 saturated carbocycles. The number of aliphatic hydroxyl groups is 6. The number of hydrogen-bond acceptors (Lipinski definition) is 9. The molecule has 1 aliphatic heterocycles. The van der Waals surface area contributed by atoms with Gasteiger partial charge in [0, 0.05) is 11.3 Å². The van der Waals surface area contributed by atoms with Crippen molar-refractivity contribution in [2.75, 3.05) is 13.2 Å². The topological polar surface area (TPSA) is 177 Å². The molecule has 0 radical (unpaired) electrons. The summed E-state index contributed by atoms with van der Waals surface area (Å²) in [5.41, 5.74) is -2.29. The normalized spacial score (nSPS) is 56.6. The highest BCUT2D eigenvalue weighted by Crippen LogP contribution is 2.78. The number of carbonyl (C=O) groups is 1. The molecule has 7 N–H and O–H groups in total. The molecule has 0 aromatic rings. The van der Waals surface area contributed by atoms with Gasteiger partial charge in [-0.1, -0.05) is 34.6 Å². The van der Waals surface area contributed by atoms with Crippen molar-refractivity contribution in [2.45, 2.75) is 148 Å². The van der Waals surface area contributed by atoms with Crippen molar-refractivity contribution < 1.29 is 50.0 Å². The fraction of sp³-hybridized carbons (Fsp3) is 0.972. The van der Waals surface area contributed by atoms with Crippen LogP contribution in [0.3, 0.4) is 0 Å². The Bertz CT molecular complexity index is 1180. The summed E-state index contributed by atoms with van der Waals surface area (Å²) in [6.07, 6.45) is 1.96. The smallest absolute Gasteiger partial charge is 0.335 e. The molecule has 0 amide bonds. The maximum atomic E-state index is 12.1. The van der Waals surface area contributed by atoms with Crippen LogP contribution in [0.25, 0.3) is 0 Å². The van der Waals surface area contributed by atoms with Crippen LogP contribution in [0.1, 0.15) is 106 Å². The second-order valence-electron chi connectivity index (χ2n) is 17.9. The number of aliphatic carboxylic acids is 1. The molecule has 0 unspecified atom stereocenters. The summed E-state index contributed by atoms with van der Waals surface area (Å²) in [7, 11) is 0. The van der Waals surface area contributed by atoms with E-state index in [0.717, 1.165) is 57.8 Å². The molecule has 6 aliphatic rings. The highest BCUT2D eigenvalue weighted by molar-refractivity contribution is 5.77. The zero-order chi connectivity index (χ0) is 33.8. The molecule has 0 aromatic carbocycles. The Labute approximate surface area is 273 Å². The summed E-state index contributed by atoms with van der Waals surface area (Å²) in [6.45, 7) is 13.0. The van der Waals surface area contributed by atoms with Crippen molar-refractivity contribution >= 4 is 5.97 Å². The SMILES string of the molecule is C[C@]12CC[C@H](O)[C@](C)(CO[C@H]3O[C@H](CO)[C@@H](O)[C@H](O)[C@H]3O)[C@@H]1CC[C@]1(C)[C@@H]2CC[C@@H]2[C@@]3(C)CC[C@H]([C@](C)(O)C(=O)O)[C@@H]3CC[C@]21C. The highest BCUT2D eigenvalue weighted by Gasteiger charge is 2.72. The van der Waals surface area contributed by atoms with E-state index in [1.165, 1.54) is 6.92 Å². The minimum absolute atomic E-state index is 0.0145. The molecule has 0 bridgehead atoms. The van der Waals surface area contributed by atoms with Crippen LogP contribution in [0.2, 0.25) is 0 Å². The van der Waals surface area contributed by atoms with Gasteiger partial charge in [0.2, 0.25) is 0 Å². The van der Waals surface area contributed by atoms with Crippen molar-refractivity contribution in [3.05, 3.63) is 0 Å². The first-order valence-electron chi connectivity index (χ1n) is 17.9. The number of ether oxygens (including phenoxy) is 2. The van der Waals surface area contributed by atoms with Gasteiger partial charge in [-0.3, -0.25) is 0 Å². The Morgan fingerprint density at radius 3 is 1.98 bits per heavy atom. The standard InChI is InChI=1S/C36H60O10/c1-31-13-9-20(36(6,44)30(42)43)19(31)10-15-34(4)23(31)7-8-24-32(2)14-12-25(38)33(3,22(32)11-16-35(24,34)5)18-45-29-28(41)27(40)26(39)21(17-37)46-29/h19-29,37-41,44H,7-18H2,1-6H3,(H,42,43)/t19-,20-,21+,22+,23+,24+,25-,26+,27-,28+,29-,31-,32-,33+,34+,35+,36-/m0/s1. The van der Waals surface area contributed by atoms with E-state index in [1.807, 2.05) is 0 Å². The van der Waals surface area contributed by atoms with Crippen molar-refractivity contribution in [3.8, 4) is 0 Å². The van der Waals surface area contributed by atoms with Crippen LogP contribution >= 0.6 is 0 Å². The van der Waals surface area contributed by atoms with Crippen LogP contribution in [0.4, 0.5) is 0 Å². The molecule has 0 aromatic heterocycles. The maximum absolute atomic E-state index is 12.1. The molecule has 264 valence electrons. The number of fused-ring (bicyclic) bond motifs is 7. The van der Waals surface area contributed by atoms with E-state index in [-0.39, 0.29) is 46.0 Å². The Morgan fingerprint density at radius 1 is 0.783 bits per heavy atom. The monoisotopic (exact) mass is 652 g/mol. The minimum Gasteiger partial charge on any atom is -0.479 e. The molecule has 46 heavy (non-hydrogen) atoms. The quantitative estimate of drug-likeness (QED) is 0.226. The van der Waals surface area contributed by atoms with E-state index in [2.05, 4.69) is 34.6 Å². The number of carboxylic acid groups (broad SMARTS) is 1. The van der Waals surface area contributed by atoms with E-state index in [4.69, 9.17) is 9.47 Å². The molecule has 0 spiro atoms. The fourth-order valence-electron chi connectivity index (χ4n) is 13.5. The predicted molar refractivity (Wildman–Crippen MR) is 168 cm³/mol. The van der Waals surface area contributed by atoms with Crippen molar-refractivity contribution in [1.82, 2.24) is 0 Å². The first kappa shape index (κ1) is 35.0. The average molecular weight is 653 g/mol. The van der Waals surface area contributed by atoms with E-state index in [9.17, 15) is 40.5 Å². The third kappa shape index (κ3) is 4.60. The highest BCUT2D eigenvalue weighted by atomic mass is 16.7. The van der Waals surface area contributed by atoms with Crippen molar-refractivity contribution in [2.24, 2.45) is 56.7 Å².